The van der Waals surface area contributed by atoms with Gasteiger partial charge in [-0.15, -0.1) is 0 Å². The van der Waals surface area contributed by atoms with Crippen molar-refractivity contribution in [3.05, 3.63) is 29.8 Å². The fourth-order valence-electron chi connectivity index (χ4n) is 3.48. The Morgan fingerprint density at radius 3 is 2.46 bits per heavy atom. The molecule has 0 saturated heterocycles. The Bertz CT molecular complexity index is 619. The number of rotatable bonds is 4. The Labute approximate surface area is 145 Å². The molecule has 0 atom stereocenters. The molecular formula is C20H29N3O. The number of anilines is 1. The third-order valence-electron chi connectivity index (χ3n) is 5.07. The van der Waals surface area contributed by atoms with E-state index in [1.54, 1.807) is 11.9 Å². The first-order valence-electron chi connectivity index (χ1n) is 8.81. The fourth-order valence-corrected chi connectivity index (χ4v) is 3.48. The minimum absolute atomic E-state index is 0.00971. The number of nitrogens with zero attached hydrogens (tertiary/aromatic N) is 2. The summed E-state index contributed by atoms with van der Waals surface area (Å²) in [7, 11) is 1.77. The minimum Gasteiger partial charge on any atom is -0.376 e. The zero-order chi connectivity index (χ0) is 17.8. The van der Waals surface area contributed by atoms with Crippen LogP contribution in [0.1, 0.15) is 58.4 Å². The summed E-state index contributed by atoms with van der Waals surface area (Å²) < 4.78 is 0. The summed E-state index contributed by atoms with van der Waals surface area (Å²) in [6.07, 6.45) is 4.76. The minimum atomic E-state index is -0.624. The molecule has 0 aromatic heterocycles. The van der Waals surface area contributed by atoms with Gasteiger partial charge in [-0.2, -0.15) is 5.26 Å². The molecule has 1 saturated carbocycles. The van der Waals surface area contributed by atoms with Crippen LogP contribution in [0.5, 0.6) is 0 Å². The van der Waals surface area contributed by atoms with Gasteiger partial charge in [0.1, 0.15) is 5.54 Å². The number of hydrogen-bond acceptors (Lipinski definition) is 3. The Balaban J connectivity index is 2.07. The maximum absolute atomic E-state index is 12.7. The number of hydrogen-bond donors (Lipinski definition) is 1. The van der Waals surface area contributed by atoms with Crippen LogP contribution in [0.3, 0.4) is 0 Å². The highest BCUT2D eigenvalue weighted by Crippen LogP contribution is 2.33. The smallest absolute Gasteiger partial charge is 0.242 e. The second kappa shape index (κ2) is 7.25. The summed E-state index contributed by atoms with van der Waals surface area (Å²) in [6, 6.07) is 10.5. The molecule has 0 aliphatic heterocycles. The quantitative estimate of drug-likeness (QED) is 0.906. The van der Waals surface area contributed by atoms with E-state index < -0.39 is 5.54 Å². The molecule has 4 heteroatoms. The van der Waals surface area contributed by atoms with E-state index in [2.05, 4.69) is 38.2 Å². The monoisotopic (exact) mass is 327 g/mol. The number of carbonyl (C=O) groups is 1. The van der Waals surface area contributed by atoms with Gasteiger partial charge in [-0.3, -0.25) is 4.79 Å². The van der Waals surface area contributed by atoms with Gasteiger partial charge in [-0.1, -0.05) is 58.2 Å². The number of para-hydroxylation sites is 1. The van der Waals surface area contributed by atoms with Crippen molar-refractivity contribution in [2.45, 2.75) is 63.8 Å². The number of amides is 1. The largest absolute Gasteiger partial charge is 0.376 e. The van der Waals surface area contributed by atoms with Gasteiger partial charge >= 0.3 is 0 Å². The van der Waals surface area contributed by atoms with Gasteiger partial charge in [0.2, 0.25) is 5.91 Å². The van der Waals surface area contributed by atoms with Crippen LogP contribution >= 0.6 is 0 Å². The van der Waals surface area contributed by atoms with Crippen molar-refractivity contribution in [2.24, 2.45) is 0 Å². The average Bonchev–Trinajstić information content (AvgIpc) is 2.59. The molecule has 0 spiro atoms. The molecule has 1 aliphatic rings. The van der Waals surface area contributed by atoms with Crippen LogP contribution in [-0.4, -0.2) is 29.9 Å². The molecule has 1 N–H and O–H groups in total. The summed E-state index contributed by atoms with van der Waals surface area (Å²) in [4.78, 5) is 14.3. The number of nitrogens with one attached hydrogen (secondary N) is 1. The van der Waals surface area contributed by atoms with Crippen molar-refractivity contribution in [1.29, 1.82) is 5.26 Å². The van der Waals surface area contributed by atoms with Crippen LogP contribution in [-0.2, 0) is 10.2 Å². The van der Waals surface area contributed by atoms with Crippen molar-refractivity contribution in [3.8, 4) is 6.07 Å². The van der Waals surface area contributed by atoms with Gasteiger partial charge in [0.15, 0.2) is 0 Å². The molecule has 1 amide bonds. The molecule has 0 unspecified atom stereocenters. The van der Waals surface area contributed by atoms with E-state index in [0.29, 0.717) is 0 Å². The zero-order valence-electron chi connectivity index (χ0n) is 15.4. The van der Waals surface area contributed by atoms with Crippen molar-refractivity contribution in [1.82, 2.24) is 4.90 Å². The van der Waals surface area contributed by atoms with E-state index in [1.807, 2.05) is 18.2 Å². The topological polar surface area (TPSA) is 56.1 Å². The second-order valence-electron chi connectivity index (χ2n) is 7.81. The summed E-state index contributed by atoms with van der Waals surface area (Å²) >= 11 is 0. The molecule has 1 aromatic rings. The summed E-state index contributed by atoms with van der Waals surface area (Å²) in [6.45, 7) is 6.70. The molecule has 0 bridgehead atoms. The Morgan fingerprint density at radius 2 is 1.88 bits per heavy atom. The summed E-state index contributed by atoms with van der Waals surface area (Å²) in [5.74, 6) is -0.0258. The highest BCUT2D eigenvalue weighted by molar-refractivity contribution is 5.82. The molecule has 0 radical (unpaired) electrons. The molecule has 130 valence electrons. The Kier molecular flexibility index (Phi) is 5.54. The van der Waals surface area contributed by atoms with E-state index in [-0.39, 0.29) is 17.9 Å². The Morgan fingerprint density at radius 1 is 1.25 bits per heavy atom. The molecule has 1 aromatic carbocycles. The third-order valence-corrected chi connectivity index (χ3v) is 5.07. The van der Waals surface area contributed by atoms with Crippen LogP contribution < -0.4 is 5.32 Å². The normalized spacial score (nSPS) is 17.0. The first-order chi connectivity index (χ1) is 11.3. The van der Waals surface area contributed by atoms with E-state index >= 15 is 0 Å². The van der Waals surface area contributed by atoms with Gasteiger partial charge in [0.05, 0.1) is 12.6 Å². The number of benzene rings is 1. The lowest BCUT2D eigenvalue weighted by Gasteiger charge is -2.39. The predicted molar refractivity (Wildman–Crippen MR) is 97.8 cm³/mol. The number of nitriles is 1. The van der Waals surface area contributed by atoms with Gasteiger partial charge < -0.3 is 10.2 Å². The van der Waals surface area contributed by atoms with Crippen LogP contribution in [0.25, 0.3) is 0 Å². The maximum Gasteiger partial charge on any atom is 0.242 e. The highest BCUT2D eigenvalue weighted by Gasteiger charge is 2.38. The average molecular weight is 327 g/mol. The Hall–Kier alpha value is -2.02. The van der Waals surface area contributed by atoms with Crippen molar-refractivity contribution < 1.29 is 4.79 Å². The second-order valence-corrected chi connectivity index (χ2v) is 7.81. The summed E-state index contributed by atoms with van der Waals surface area (Å²) in [5.41, 5.74) is 1.56. The third kappa shape index (κ3) is 3.90. The number of likely N-dealkylation sites (N-methyl/N-ethyl adjacent to an activating group) is 1. The van der Waals surface area contributed by atoms with Crippen LogP contribution in [0.15, 0.2) is 24.3 Å². The van der Waals surface area contributed by atoms with Crippen LogP contribution in [0.4, 0.5) is 5.69 Å². The number of carbonyl (C=O) groups excluding carboxylic acids is 1. The molecule has 24 heavy (non-hydrogen) atoms. The molecule has 1 fully saturated rings. The predicted octanol–water partition coefficient (Wildman–Crippen LogP) is 4.08. The van der Waals surface area contributed by atoms with Crippen molar-refractivity contribution in [3.63, 3.8) is 0 Å². The molecule has 2 rings (SSSR count). The highest BCUT2D eigenvalue weighted by atomic mass is 16.2. The van der Waals surface area contributed by atoms with E-state index in [1.165, 1.54) is 5.56 Å². The molecular weight excluding hydrogens is 298 g/mol. The van der Waals surface area contributed by atoms with Crippen molar-refractivity contribution in [2.75, 3.05) is 18.9 Å². The first kappa shape index (κ1) is 18.3. The molecule has 4 nitrogen and oxygen atoms in total. The lowest BCUT2D eigenvalue weighted by molar-refractivity contribution is -0.132. The van der Waals surface area contributed by atoms with Gasteiger partial charge in [-0.05, 0) is 29.9 Å². The summed E-state index contributed by atoms with van der Waals surface area (Å²) in [5, 5.41) is 12.9. The zero-order valence-corrected chi connectivity index (χ0v) is 15.4. The van der Waals surface area contributed by atoms with E-state index in [4.69, 9.17) is 0 Å². The first-order valence-corrected chi connectivity index (χ1v) is 8.81. The maximum atomic E-state index is 12.7. The fraction of sp³-hybridized carbons (Fsp3) is 0.600. The lowest BCUT2D eigenvalue weighted by atomic mass is 9.81. The van der Waals surface area contributed by atoms with Gasteiger partial charge in [0.25, 0.3) is 0 Å². The SMILES string of the molecule is CN(C(=O)CNc1ccccc1C(C)(C)C)C1(C#N)CCCCC1. The van der Waals surface area contributed by atoms with Gasteiger partial charge in [-0.25, -0.2) is 0 Å². The van der Waals surface area contributed by atoms with Gasteiger partial charge in [0, 0.05) is 12.7 Å². The van der Waals surface area contributed by atoms with Crippen molar-refractivity contribution >= 4 is 11.6 Å². The standard InChI is InChI=1S/C20H29N3O/c1-19(2,3)16-10-6-7-11-17(16)22-14-18(24)23(4)20(15-21)12-8-5-9-13-20/h6-7,10-11,22H,5,8-9,12-14H2,1-4H3. The van der Waals surface area contributed by atoms with Crippen LogP contribution in [0.2, 0.25) is 0 Å². The van der Waals surface area contributed by atoms with E-state index in [0.717, 1.165) is 37.8 Å². The molecule has 0 heterocycles. The lowest BCUT2D eigenvalue weighted by Crippen LogP contribution is -2.51. The van der Waals surface area contributed by atoms with E-state index in [9.17, 15) is 10.1 Å². The van der Waals surface area contributed by atoms with Crippen LogP contribution in [0, 0.1) is 11.3 Å². The molecule has 1 aliphatic carbocycles.